The van der Waals surface area contributed by atoms with E-state index in [-0.39, 0.29) is 12.5 Å². The van der Waals surface area contributed by atoms with Crippen LogP contribution >= 0.6 is 23.4 Å². The van der Waals surface area contributed by atoms with E-state index in [0.717, 1.165) is 21.4 Å². The van der Waals surface area contributed by atoms with Gasteiger partial charge in [-0.1, -0.05) is 41.6 Å². The lowest BCUT2D eigenvalue weighted by Gasteiger charge is -2.07. The third-order valence-electron chi connectivity index (χ3n) is 4.80. The second kappa shape index (κ2) is 8.95. The fourth-order valence-electron chi connectivity index (χ4n) is 2.97. The van der Waals surface area contributed by atoms with E-state index >= 15 is 0 Å². The number of carbonyl (C=O) groups excluding carboxylic acids is 1. The molecule has 0 unspecified atom stereocenters. The van der Waals surface area contributed by atoms with Crippen molar-refractivity contribution in [2.24, 2.45) is 0 Å². The third-order valence-corrected chi connectivity index (χ3v) is 6.04. The highest BCUT2D eigenvalue weighted by atomic mass is 35.5. The predicted octanol–water partition coefficient (Wildman–Crippen LogP) is 4.09. The van der Waals surface area contributed by atoms with Gasteiger partial charge in [-0.05, 0) is 66.9 Å². The Kier molecular flexibility index (Phi) is 6.11. The minimum absolute atomic E-state index is 0.192. The molecule has 0 aliphatic rings. The van der Waals surface area contributed by atoms with Crippen molar-refractivity contribution in [3.63, 3.8) is 0 Å². The van der Waals surface area contributed by atoms with Crippen molar-refractivity contribution in [3.8, 4) is 0 Å². The van der Waals surface area contributed by atoms with Crippen molar-refractivity contribution in [2.45, 2.75) is 31.2 Å². The average Bonchev–Trinajstić information content (AvgIpc) is 3.05. The average molecular weight is 454 g/mol. The SMILES string of the molecule is Cc1ccc(NC(=O)Cn2nc3ccc(SCc4ccc(Cl)cc4)nn3c2=O)cc1C. The summed E-state index contributed by atoms with van der Waals surface area (Å²) in [5.41, 5.74) is 3.94. The zero-order valence-electron chi connectivity index (χ0n) is 17.0. The Balaban J connectivity index is 1.47. The normalized spacial score (nSPS) is 11.1. The van der Waals surface area contributed by atoms with E-state index in [1.165, 1.54) is 16.3 Å². The largest absolute Gasteiger partial charge is 0.367 e. The molecule has 0 saturated carbocycles. The molecule has 1 amide bonds. The molecule has 2 heterocycles. The Hall–Kier alpha value is -3.10. The molecule has 0 saturated heterocycles. The number of nitrogens with one attached hydrogen (secondary N) is 1. The van der Waals surface area contributed by atoms with Crippen LogP contribution in [0.15, 0.2) is 64.4 Å². The van der Waals surface area contributed by atoms with Crippen LogP contribution in [0.2, 0.25) is 5.02 Å². The Labute approximate surface area is 188 Å². The molecule has 0 aliphatic carbocycles. The first-order valence-electron chi connectivity index (χ1n) is 9.60. The Morgan fingerprint density at radius 3 is 2.55 bits per heavy atom. The van der Waals surface area contributed by atoms with Gasteiger partial charge >= 0.3 is 5.69 Å². The first kappa shape index (κ1) is 21.1. The van der Waals surface area contributed by atoms with Gasteiger partial charge in [0.15, 0.2) is 5.65 Å². The van der Waals surface area contributed by atoms with Crippen molar-refractivity contribution < 1.29 is 4.79 Å². The maximum Gasteiger partial charge on any atom is 0.367 e. The summed E-state index contributed by atoms with van der Waals surface area (Å²) < 4.78 is 2.33. The summed E-state index contributed by atoms with van der Waals surface area (Å²) in [6, 6.07) is 16.8. The molecule has 9 heteroatoms. The first-order chi connectivity index (χ1) is 14.9. The zero-order valence-corrected chi connectivity index (χ0v) is 18.6. The molecule has 7 nitrogen and oxygen atoms in total. The van der Waals surface area contributed by atoms with Gasteiger partial charge in [0.05, 0.1) is 0 Å². The zero-order chi connectivity index (χ0) is 22.0. The van der Waals surface area contributed by atoms with Crippen molar-refractivity contribution in [2.75, 3.05) is 5.32 Å². The molecule has 0 aliphatic heterocycles. The summed E-state index contributed by atoms with van der Waals surface area (Å²) in [6.45, 7) is 3.79. The van der Waals surface area contributed by atoms with Crippen LogP contribution in [-0.2, 0) is 17.1 Å². The number of halogens is 1. The molecule has 4 rings (SSSR count). The second-order valence-corrected chi connectivity index (χ2v) is 8.58. The molecule has 0 atom stereocenters. The number of aryl methyl sites for hydroxylation is 2. The predicted molar refractivity (Wildman–Crippen MR) is 123 cm³/mol. The fourth-order valence-corrected chi connectivity index (χ4v) is 3.90. The monoisotopic (exact) mass is 453 g/mol. The van der Waals surface area contributed by atoms with Gasteiger partial charge in [0.1, 0.15) is 11.6 Å². The molecule has 4 aromatic rings. The molecule has 0 radical (unpaired) electrons. The van der Waals surface area contributed by atoms with E-state index in [1.807, 2.05) is 62.4 Å². The minimum Gasteiger partial charge on any atom is -0.324 e. The van der Waals surface area contributed by atoms with Crippen molar-refractivity contribution in [3.05, 3.63) is 86.8 Å². The highest BCUT2D eigenvalue weighted by Crippen LogP contribution is 2.21. The van der Waals surface area contributed by atoms with Gasteiger partial charge in [0.25, 0.3) is 0 Å². The van der Waals surface area contributed by atoms with E-state index in [9.17, 15) is 9.59 Å². The van der Waals surface area contributed by atoms with E-state index in [0.29, 0.717) is 27.1 Å². The third kappa shape index (κ3) is 4.98. The minimum atomic E-state index is -0.459. The number of rotatable bonds is 6. The fraction of sp³-hybridized carbons (Fsp3) is 0.182. The van der Waals surface area contributed by atoms with Gasteiger partial charge in [-0.15, -0.1) is 5.10 Å². The number of fused-ring (bicyclic) bond motifs is 1. The highest BCUT2D eigenvalue weighted by Gasteiger charge is 2.13. The molecular formula is C22H20ClN5O2S. The molecule has 0 bridgehead atoms. The van der Waals surface area contributed by atoms with Crippen LogP contribution in [0.4, 0.5) is 5.69 Å². The number of hydrogen-bond acceptors (Lipinski definition) is 5. The summed E-state index contributed by atoms with van der Waals surface area (Å²) >= 11 is 7.41. The van der Waals surface area contributed by atoms with Gasteiger partial charge in [-0.3, -0.25) is 4.79 Å². The summed E-state index contributed by atoms with van der Waals surface area (Å²) in [6.07, 6.45) is 0. The number of aromatic nitrogens is 4. The molecule has 1 N–H and O–H groups in total. The van der Waals surface area contributed by atoms with Crippen LogP contribution in [0.3, 0.4) is 0 Å². The van der Waals surface area contributed by atoms with Crippen LogP contribution in [-0.4, -0.2) is 25.3 Å². The van der Waals surface area contributed by atoms with E-state index in [2.05, 4.69) is 15.5 Å². The quantitative estimate of drug-likeness (QED) is 0.444. The summed E-state index contributed by atoms with van der Waals surface area (Å²) in [4.78, 5) is 25.1. The maximum absolute atomic E-state index is 12.7. The van der Waals surface area contributed by atoms with Crippen molar-refractivity contribution in [1.29, 1.82) is 0 Å². The summed E-state index contributed by atoms with van der Waals surface area (Å²) in [5, 5.41) is 12.8. The molecule has 2 aromatic carbocycles. The lowest BCUT2D eigenvalue weighted by molar-refractivity contribution is -0.117. The van der Waals surface area contributed by atoms with Crippen LogP contribution in [0.1, 0.15) is 16.7 Å². The lowest BCUT2D eigenvalue weighted by atomic mass is 10.1. The van der Waals surface area contributed by atoms with Gasteiger partial charge in [-0.2, -0.15) is 9.61 Å². The lowest BCUT2D eigenvalue weighted by Crippen LogP contribution is -2.28. The standard InChI is InChI=1S/C22H20ClN5O2S/c1-14-3-8-18(11-15(14)2)24-20(29)12-27-22(30)28-19(25-27)9-10-21(26-28)31-13-16-4-6-17(23)7-5-16/h3-11H,12-13H2,1-2H3,(H,24,29). The number of carbonyl (C=O) groups is 1. The Bertz CT molecular complexity index is 1310. The molecule has 0 fully saturated rings. The number of hydrogen-bond donors (Lipinski definition) is 1. The van der Waals surface area contributed by atoms with Crippen LogP contribution < -0.4 is 11.0 Å². The molecular weight excluding hydrogens is 434 g/mol. The first-order valence-corrected chi connectivity index (χ1v) is 11.0. The second-order valence-electron chi connectivity index (χ2n) is 7.14. The molecule has 2 aromatic heterocycles. The van der Waals surface area contributed by atoms with E-state index in [4.69, 9.17) is 11.6 Å². The van der Waals surface area contributed by atoms with Gasteiger partial charge in [0.2, 0.25) is 5.91 Å². The number of thioether (sulfide) groups is 1. The maximum atomic E-state index is 12.7. The number of benzene rings is 2. The Morgan fingerprint density at radius 1 is 1.03 bits per heavy atom. The van der Waals surface area contributed by atoms with Crippen molar-refractivity contribution in [1.82, 2.24) is 19.4 Å². The van der Waals surface area contributed by atoms with E-state index in [1.54, 1.807) is 6.07 Å². The van der Waals surface area contributed by atoms with Gasteiger partial charge < -0.3 is 5.32 Å². The van der Waals surface area contributed by atoms with E-state index < -0.39 is 5.69 Å². The highest BCUT2D eigenvalue weighted by molar-refractivity contribution is 7.98. The molecule has 0 spiro atoms. The van der Waals surface area contributed by atoms with Gasteiger partial charge in [-0.25, -0.2) is 9.48 Å². The Morgan fingerprint density at radius 2 is 1.81 bits per heavy atom. The van der Waals surface area contributed by atoms with Crippen LogP contribution in [0.25, 0.3) is 5.65 Å². The summed E-state index contributed by atoms with van der Waals surface area (Å²) in [5.74, 6) is 0.364. The van der Waals surface area contributed by atoms with Crippen molar-refractivity contribution >= 4 is 40.6 Å². The van der Waals surface area contributed by atoms with Crippen LogP contribution in [0.5, 0.6) is 0 Å². The smallest absolute Gasteiger partial charge is 0.324 e. The van der Waals surface area contributed by atoms with Crippen LogP contribution in [0, 0.1) is 13.8 Å². The topological polar surface area (TPSA) is 81.3 Å². The van der Waals surface area contributed by atoms with Gasteiger partial charge in [0, 0.05) is 16.5 Å². The number of amides is 1. The number of anilines is 1. The number of nitrogens with zero attached hydrogens (tertiary/aromatic N) is 4. The summed E-state index contributed by atoms with van der Waals surface area (Å²) in [7, 11) is 0. The molecule has 158 valence electrons. The molecule has 31 heavy (non-hydrogen) atoms.